The standard InChI is InChI=1S/C20H22FN3O4/c1-23(13-18(25)22-16-7-2-6-15(21)11-16)19(26)14-5-3-9-24(12-14)20(27)17-8-4-10-28-17/h2,4,6-8,10-11,14H,3,5,9,12-13H2,1H3,(H,22,25)/t14-/m1/s1. The lowest BCUT2D eigenvalue weighted by atomic mass is 9.96. The summed E-state index contributed by atoms with van der Waals surface area (Å²) in [6.45, 7) is 0.694. The monoisotopic (exact) mass is 387 g/mol. The summed E-state index contributed by atoms with van der Waals surface area (Å²) in [5, 5.41) is 2.57. The zero-order valence-electron chi connectivity index (χ0n) is 15.6. The molecule has 0 radical (unpaired) electrons. The first-order valence-electron chi connectivity index (χ1n) is 9.07. The summed E-state index contributed by atoms with van der Waals surface area (Å²) in [7, 11) is 1.54. The van der Waals surface area contributed by atoms with E-state index >= 15 is 0 Å². The summed E-state index contributed by atoms with van der Waals surface area (Å²) in [6, 6.07) is 8.79. The molecule has 1 aromatic carbocycles. The zero-order valence-corrected chi connectivity index (χ0v) is 15.6. The molecule has 1 fully saturated rings. The quantitative estimate of drug-likeness (QED) is 0.854. The van der Waals surface area contributed by atoms with Gasteiger partial charge in [-0.15, -0.1) is 0 Å². The third-order valence-corrected chi connectivity index (χ3v) is 4.66. The molecular weight excluding hydrogens is 365 g/mol. The van der Waals surface area contributed by atoms with Crippen molar-refractivity contribution < 1.29 is 23.2 Å². The van der Waals surface area contributed by atoms with Gasteiger partial charge in [0.05, 0.1) is 18.7 Å². The van der Waals surface area contributed by atoms with Crippen LogP contribution in [-0.2, 0) is 9.59 Å². The maximum atomic E-state index is 13.2. The van der Waals surface area contributed by atoms with Gasteiger partial charge in [-0.25, -0.2) is 4.39 Å². The SMILES string of the molecule is CN(CC(=O)Nc1cccc(F)c1)C(=O)[C@@H]1CCCN(C(=O)c2ccco2)C1. The van der Waals surface area contributed by atoms with Gasteiger partial charge >= 0.3 is 0 Å². The molecule has 148 valence electrons. The molecule has 28 heavy (non-hydrogen) atoms. The molecule has 2 aromatic rings. The molecule has 0 spiro atoms. The van der Waals surface area contributed by atoms with Crippen LogP contribution in [0, 0.1) is 11.7 Å². The summed E-state index contributed by atoms with van der Waals surface area (Å²) in [6.07, 6.45) is 2.79. The van der Waals surface area contributed by atoms with E-state index in [9.17, 15) is 18.8 Å². The Labute approximate surface area is 162 Å². The fraction of sp³-hybridized carbons (Fsp3) is 0.350. The average molecular weight is 387 g/mol. The first-order valence-corrected chi connectivity index (χ1v) is 9.07. The molecule has 1 aliphatic heterocycles. The van der Waals surface area contributed by atoms with Gasteiger partial charge in [0.1, 0.15) is 5.82 Å². The van der Waals surface area contributed by atoms with Crippen molar-refractivity contribution in [1.82, 2.24) is 9.80 Å². The number of nitrogens with zero attached hydrogens (tertiary/aromatic N) is 2. The molecule has 8 heteroatoms. The van der Waals surface area contributed by atoms with Crippen LogP contribution in [-0.4, -0.2) is 54.2 Å². The number of halogens is 1. The van der Waals surface area contributed by atoms with Crippen LogP contribution in [0.2, 0.25) is 0 Å². The smallest absolute Gasteiger partial charge is 0.289 e. The number of piperidine rings is 1. The number of anilines is 1. The maximum Gasteiger partial charge on any atom is 0.289 e. The minimum atomic E-state index is -0.453. The molecule has 2 heterocycles. The Morgan fingerprint density at radius 3 is 2.82 bits per heavy atom. The lowest BCUT2D eigenvalue weighted by Gasteiger charge is -2.33. The molecule has 1 atom stereocenters. The molecule has 3 rings (SSSR count). The van der Waals surface area contributed by atoms with Gasteiger partial charge in [0.15, 0.2) is 5.76 Å². The van der Waals surface area contributed by atoms with Crippen LogP contribution in [0.25, 0.3) is 0 Å². The summed E-state index contributed by atoms with van der Waals surface area (Å²) >= 11 is 0. The van der Waals surface area contributed by atoms with Crippen molar-refractivity contribution in [3.05, 3.63) is 54.2 Å². The summed E-state index contributed by atoms with van der Waals surface area (Å²) in [5.41, 5.74) is 0.332. The molecule has 1 aliphatic rings. The van der Waals surface area contributed by atoms with Crippen molar-refractivity contribution in [2.75, 3.05) is 32.0 Å². The number of hydrogen-bond donors (Lipinski definition) is 1. The van der Waals surface area contributed by atoms with E-state index < -0.39 is 11.7 Å². The van der Waals surface area contributed by atoms with Crippen molar-refractivity contribution in [3.63, 3.8) is 0 Å². The molecule has 1 saturated heterocycles. The van der Waals surface area contributed by atoms with Gasteiger partial charge in [-0.1, -0.05) is 6.07 Å². The van der Waals surface area contributed by atoms with E-state index in [-0.39, 0.29) is 36.6 Å². The highest BCUT2D eigenvalue weighted by atomic mass is 19.1. The van der Waals surface area contributed by atoms with Crippen molar-refractivity contribution in [2.24, 2.45) is 5.92 Å². The third kappa shape index (κ3) is 4.76. The number of likely N-dealkylation sites (tertiary alicyclic amines) is 1. The topological polar surface area (TPSA) is 82.9 Å². The average Bonchev–Trinajstić information content (AvgIpc) is 3.21. The Balaban J connectivity index is 1.55. The highest BCUT2D eigenvalue weighted by Gasteiger charge is 2.31. The van der Waals surface area contributed by atoms with E-state index in [1.807, 2.05) is 0 Å². The molecule has 3 amide bonds. The molecule has 0 bridgehead atoms. The van der Waals surface area contributed by atoms with Crippen LogP contribution in [0.4, 0.5) is 10.1 Å². The minimum Gasteiger partial charge on any atom is -0.459 e. The number of furan rings is 1. The van der Waals surface area contributed by atoms with Gasteiger partial charge in [0.2, 0.25) is 11.8 Å². The third-order valence-electron chi connectivity index (χ3n) is 4.66. The Hall–Kier alpha value is -3.16. The van der Waals surface area contributed by atoms with E-state index in [4.69, 9.17) is 4.42 Å². The van der Waals surface area contributed by atoms with Crippen molar-refractivity contribution in [1.29, 1.82) is 0 Å². The largest absolute Gasteiger partial charge is 0.459 e. The Kier molecular flexibility index (Phi) is 6.08. The number of nitrogens with one attached hydrogen (secondary N) is 1. The van der Waals surface area contributed by atoms with Crippen LogP contribution in [0.5, 0.6) is 0 Å². The number of amides is 3. The van der Waals surface area contributed by atoms with Crippen LogP contribution >= 0.6 is 0 Å². The summed E-state index contributed by atoms with van der Waals surface area (Å²) in [5.74, 6) is -1.44. The fourth-order valence-corrected chi connectivity index (χ4v) is 3.29. The first-order chi connectivity index (χ1) is 13.4. The normalized spacial score (nSPS) is 16.5. The minimum absolute atomic E-state index is 0.155. The maximum absolute atomic E-state index is 13.2. The number of likely N-dealkylation sites (N-methyl/N-ethyl adjacent to an activating group) is 1. The molecule has 1 N–H and O–H groups in total. The zero-order chi connectivity index (χ0) is 20.1. The van der Waals surface area contributed by atoms with E-state index in [0.29, 0.717) is 25.1 Å². The van der Waals surface area contributed by atoms with Crippen molar-refractivity contribution in [2.45, 2.75) is 12.8 Å². The lowest BCUT2D eigenvalue weighted by molar-refractivity contribution is -0.138. The summed E-state index contributed by atoms with van der Waals surface area (Å²) in [4.78, 5) is 40.2. The van der Waals surface area contributed by atoms with Crippen molar-refractivity contribution in [3.8, 4) is 0 Å². The van der Waals surface area contributed by atoms with Crippen LogP contribution in [0.1, 0.15) is 23.4 Å². The molecule has 1 aromatic heterocycles. The van der Waals surface area contributed by atoms with Crippen LogP contribution in [0.15, 0.2) is 47.1 Å². The Bertz CT molecular complexity index is 853. The van der Waals surface area contributed by atoms with Crippen LogP contribution in [0.3, 0.4) is 0 Å². The van der Waals surface area contributed by atoms with E-state index in [1.165, 1.54) is 29.4 Å². The number of rotatable bonds is 5. The highest BCUT2D eigenvalue weighted by molar-refractivity contribution is 5.95. The van der Waals surface area contributed by atoms with E-state index in [0.717, 1.165) is 0 Å². The molecule has 0 saturated carbocycles. The number of benzene rings is 1. The lowest BCUT2D eigenvalue weighted by Crippen LogP contribution is -2.47. The van der Waals surface area contributed by atoms with Gasteiger partial charge in [-0.3, -0.25) is 14.4 Å². The molecule has 0 unspecified atom stereocenters. The molecule has 0 aliphatic carbocycles. The Morgan fingerprint density at radius 2 is 2.11 bits per heavy atom. The van der Waals surface area contributed by atoms with Gasteiger partial charge in [-0.05, 0) is 43.2 Å². The number of carbonyl (C=O) groups excluding carboxylic acids is 3. The van der Waals surface area contributed by atoms with Crippen molar-refractivity contribution >= 4 is 23.4 Å². The van der Waals surface area contributed by atoms with Crippen LogP contribution < -0.4 is 5.32 Å². The van der Waals surface area contributed by atoms with Gasteiger partial charge in [0.25, 0.3) is 5.91 Å². The molecule has 7 nitrogen and oxygen atoms in total. The highest BCUT2D eigenvalue weighted by Crippen LogP contribution is 2.20. The number of hydrogen-bond acceptors (Lipinski definition) is 4. The Morgan fingerprint density at radius 1 is 1.29 bits per heavy atom. The second-order valence-corrected chi connectivity index (χ2v) is 6.82. The van der Waals surface area contributed by atoms with E-state index in [2.05, 4.69) is 5.32 Å². The second-order valence-electron chi connectivity index (χ2n) is 6.82. The van der Waals surface area contributed by atoms with Gasteiger partial charge < -0.3 is 19.5 Å². The van der Waals surface area contributed by atoms with Gasteiger partial charge in [-0.2, -0.15) is 0 Å². The predicted molar refractivity (Wildman–Crippen MR) is 100 cm³/mol. The second kappa shape index (κ2) is 8.69. The molecular formula is C20H22FN3O4. The summed E-state index contributed by atoms with van der Waals surface area (Å²) < 4.78 is 18.3. The van der Waals surface area contributed by atoms with E-state index in [1.54, 1.807) is 30.1 Å². The van der Waals surface area contributed by atoms with Gasteiger partial charge in [0, 0.05) is 25.8 Å². The first kappa shape index (κ1) is 19.6. The fourth-order valence-electron chi connectivity index (χ4n) is 3.29. The number of carbonyl (C=O) groups is 3. The predicted octanol–water partition coefficient (Wildman–Crippen LogP) is 2.37.